The highest BCUT2D eigenvalue weighted by molar-refractivity contribution is 6.33. The Morgan fingerprint density at radius 3 is 2.38 bits per heavy atom. The first-order valence-electron chi connectivity index (χ1n) is 17.7. The van der Waals surface area contributed by atoms with Gasteiger partial charge in [0.15, 0.2) is 17.3 Å². The second kappa shape index (κ2) is 15.7. The molecule has 1 N–H and O–H groups in total. The molecule has 2 aliphatic rings. The van der Waals surface area contributed by atoms with E-state index in [0.717, 1.165) is 28.3 Å². The molecule has 1 aromatic carbocycles. The van der Waals surface area contributed by atoms with E-state index in [9.17, 15) is 32.3 Å². The number of hydrogen-bond donors (Lipinski definition) is 1. The molecule has 1 fully saturated rings. The third-order valence-electron chi connectivity index (χ3n) is 9.61. The number of amides is 3. The van der Waals surface area contributed by atoms with Crippen LogP contribution in [0.25, 0.3) is 11.4 Å². The summed E-state index contributed by atoms with van der Waals surface area (Å²) >= 11 is 6.15. The van der Waals surface area contributed by atoms with Gasteiger partial charge in [-0.2, -0.15) is 22.7 Å². The number of rotatable bonds is 9. The lowest BCUT2D eigenvalue weighted by atomic mass is 10.1. The zero-order valence-electron chi connectivity index (χ0n) is 30.9. The minimum Gasteiger partial charge on any atom is -0.492 e. The van der Waals surface area contributed by atoms with Crippen LogP contribution in [0.1, 0.15) is 60.5 Å². The van der Waals surface area contributed by atoms with E-state index in [1.54, 1.807) is 21.3 Å². The minimum atomic E-state index is -4.62. The van der Waals surface area contributed by atoms with Crippen molar-refractivity contribution in [1.82, 2.24) is 38.9 Å². The monoisotopic (exact) mass is 784 g/mol. The summed E-state index contributed by atoms with van der Waals surface area (Å²) in [5, 5.41) is 6.89. The molecule has 4 aromatic rings. The molecule has 0 bridgehead atoms. The van der Waals surface area contributed by atoms with E-state index in [1.165, 1.54) is 13.4 Å². The second-order valence-electron chi connectivity index (χ2n) is 13.5. The Bertz CT molecular complexity index is 2250. The molecule has 0 saturated carbocycles. The highest BCUT2D eigenvalue weighted by atomic mass is 35.5. The van der Waals surface area contributed by atoms with Crippen molar-refractivity contribution in [3.05, 3.63) is 74.4 Å². The van der Waals surface area contributed by atoms with Crippen LogP contribution in [0.2, 0.25) is 5.02 Å². The third kappa shape index (κ3) is 7.85. The smallest absolute Gasteiger partial charge is 0.416 e. The first kappa shape index (κ1) is 39.2. The number of ether oxygens (including phenoxy) is 1. The molecule has 1 saturated heterocycles. The molecule has 2 aliphatic heterocycles. The van der Waals surface area contributed by atoms with Gasteiger partial charge in [-0.3, -0.25) is 19.2 Å². The zero-order chi connectivity index (χ0) is 39.8. The number of nitrogens with one attached hydrogen (secondary N) is 1. The number of piperazine rings is 1. The fraction of sp³-hybridized carbons (Fsp3) is 0.444. The van der Waals surface area contributed by atoms with Crippen molar-refractivity contribution in [2.24, 2.45) is 5.92 Å². The molecular formula is C36H40ClF3N10O5. The Balaban J connectivity index is 1.35. The van der Waals surface area contributed by atoms with Crippen molar-refractivity contribution < 1.29 is 32.3 Å². The van der Waals surface area contributed by atoms with Gasteiger partial charge in [0.05, 0.1) is 34.8 Å². The molecule has 3 aromatic heterocycles. The molecule has 5 heterocycles. The maximum Gasteiger partial charge on any atom is 0.416 e. The third-order valence-corrected chi connectivity index (χ3v) is 9.92. The number of methoxy groups -OCH3 is 1. The number of aromatic nitrogens is 6. The van der Waals surface area contributed by atoms with Crippen LogP contribution in [0.3, 0.4) is 0 Å². The normalized spacial score (nSPS) is 15.1. The Kier molecular flexibility index (Phi) is 11.2. The number of fused-ring (bicyclic) bond motifs is 1. The number of anilines is 2. The number of nitrogens with zero attached hydrogens (tertiary/aromatic N) is 9. The largest absolute Gasteiger partial charge is 0.492 e. The molecule has 0 aliphatic carbocycles. The van der Waals surface area contributed by atoms with Gasteiger partial charge < -0.3 is 29.3 Å². The summed E-state index contributed by atoms with van der Waals surface area (Å²) in [6.07, 6.45) is -0.758. The SMILES string of the molecule is CCc1c(N2CCN(C(=O)c3ncnc(C)c3OC)CC2)c(=O)n2nc(C3=CCN(C(=O)C(C)C)CC3)nc2n1CC(=O)Nc1ccc(C(F)(F)F)cc1Cl. The number of alkyl halides is 3. The maximum atomic E-state index is 14.4. The van der Waals surface area contributed by atoms with E-state index in [2.05, 4.69) is 20.4 Å². The van der Waals surface area contributed by atoms with Gasteiger partial charge in [-0.05, 0) is 43.5 Å². The molecule has 292 valence electrons. The summed E-state index contributed by atoms with van der Waals surface area (Å²) in [5.41, 5.74) is 0.631. The lowest BCUT2D eigenvalue weighted by molar-refractivity contribution is -0.137. The van der Waals surface area contributed by atoms with Crippen molar-refractivity contribution in [2.75, 3.05) is 56.6 Å². The number of benzene rings is 1. The summed E-state index contributed by atoms with van der Waals surface area (Å²) < 4.78 is 47.9. The summed E-state index contributed by atoms with van der Waals surface area (Å²) in [5.74, 6) is -0.516. The lowest BCUT2D eigenvalue weighted by Crippen LogP contribution is -2.51. The topological polar surface area (TPSA) is 160 Å². The Morgan fingerprint density at radius 2 is 1.78 bits per heavy atom. The summed E-state index contributed by atoms with van der Waals surface area (Å²) in [6, 6.07) is 2.63. The highest BCUT2D eigenvalue weighted by Gasteiger charge is 2.33. The maximum absolute atomic E-state index is 14.4. The Hall–Kier alpha value is -5.52. The van der Waals surface area contributed by atoms with E-state index >= 15 is 0 Å². The predicted molar refractivity (Wildman–Crippen MR) is 197 cm³/mol. The van der Waals surface area contributed by atoms with Gasteiger partial charge in [-0.1, -0.05) is 38.4 Å². The van der Waals surface area contributed by atoms with E-state index in [0.29, 0.717) is 30.9 Å². The van der Waals surface area contributed by atoms with Crippen molar-refractivity contribution in [2.45, 2.75) is 53.3 Å². The molecule has 0 spiro atoms. The summed E-state index contributed by atoms with van der Waals surface area (Å²) in [4.78, 5) is 72.3. The van der Waals surface area contributed by atoms with Crippen molar-refractivity contribution >= 4 is 52.0 Å². The van der Waals surface area contributed by atoms with E-state index in [-0.39, 0.29) is 89.8 Å². The average Bonchev–Trinajstić information content (AvgIpc) is 3.62. The van der Waals surface area contributed by atoms with Crippen molar-refractivity contribution in [1.29, 1.82) is 0 Å². The van der Waals surface area contributed by atoms with Crippen LogP contribution < -0.4 is 20.5 Å². The molecule has 3 amide bonds. The van der Waals surface area contributed by atoms with Crippen LogP contribution in [0.5, 0.6) is 5.75 Å². The van der Waals surface area contributed by atoms with Gasteiger partial charge >= 0.3 is 6.18 Å². The standard InChI is InChI=1S/C36H40ClF3N10O5/c1-6-26-29(46-13-15-48(16-14-46)33(53)28-30(55-5)21(4)41-19-42-28)34(54)50-35(44-31(45-50)22-9-11-47(12-10-22)32(52)20(2)3)49(26)18-27(51)43-25-8-7-23(17-24(25)37)36(38,39)40/h7-9,17,19-20H,6,10-16,18H2,1-5H3,(H,43,51). The van der Waals surface area contributed by atoms with Gasteiger partial charge in [-0.15, -0.1) is 5.10 Å². The van der Waals surface area contributed by atoms with Gasteiger partial charge in [0.2, 0.25) is 17.6 Å². The first-order valence-corrected chi connectivity index (χ1v) is 18.1. The lowest BCUT2D eigenvalue weighted by Gasteiger charge is -2.36. The number of aryl methyl sites for hydroxylation is 1. The van der Waals surface area contributed by atoms with E-state index < -0.39 is 29.8 Å². The summed E-state index contributed by atoms with van der Waals surface area (Å²) in [6.45, 7) is 8.57. The molecule has 0 radical (unpaired) electrons. The number of carbonyl (C=O) groups excluding carboxylic acids is 3. The fourth-order valence-electron chi connectivity index (χ4n) is 6.77. The van der Waals surface area contributed by atoms with Crippen LogP contribution in [-0.2, 0) is 28.7 Å². The van der Waals surface area contributed by atoms with Crippen LogP contribution in [0.4, 0.5) is 24.5 Å². The van der Waals surface area contributed by atoms with Crippen LogP contribution in [0, 0.1) is 12.8 Å². The molecule has 15 nitrogen and oxygen atoms in total. The van der Waals surface area contributed by atoms with E-state index in [4.69, 9.17) is 21.3 Å². The molecule has 0 atom stereocenters. The van der Waals surface area contributed by atoms with Crippen molar-refractivity contribution in [3.63, 3.8) is 0 Å². The summed E-state index contributed by atoms with van der Waals surface area (Å²) in [7, 11) is 1.44. The van der Waals surface area contributed by atoms with Crippen LogP contribution in [0.15, 0.2) is 35.4 Å². The number of halogens is 4. The second-order valence-corrected chi connectivity index (χ2v) is 13.9. The number of hydrogen-bond acceptors (Lipinski definition) is 10. The van der Waals surface area contributed by atoms with Gasteiger partial charge in [0.25, 0.3) is 11.5 Å². The Labute approximate surface area is 318 Å². The van der Waals surface area contributed by atoms with Gasteiger partial charge in [0.1, 0.15) is 18.6 Å². The average molecular weight is 785 g/mol. The minimum absolute atomic E-state index is 0.0161. The van der Waals surface area contributed by atoms with E-state index in [1.807, 2.05) is 31.7 Å². The first-order chi connectivity index (χ1) is 26.1. The van der Waals surface area contributed by atoms with Gasteiger partial charge in [-0.25, -0.2) is 9.97 Å². The van der Waals surface area contributed by atoms with Crippen LogP contribution >= 0.6 is 11.6 Å². The number of carbonyl (C=O) groups is 3. The highest BCUT2D eigenvalue weighted by Crippen LogP contribution is 2.34. The molecule has 0 unspecified atom stereocenters. The van der Waals surface area contributed by atoms with Crippen LogP contribution in [-0.4, -0.2) is 103 Å². The fourth-order valence-corrected chi connectivity index (χ4v) is 7.00. The van der Waals surface area contributed by atoms with Crippen molar-refractivity contribution in [3.8, 4) is 5.75 Å². The molecule has 6 rings (SSSR count). The zero-order valence-corrected chi connectivity index (χ0v) is 31.7. The predicted octanol–water partition coefficient (Wildman–Crippen LogP) is 4.11. The molecular weight excluding hydrogens is 745 g/mol. The molecule has 55 heavy (non-hydrogen) atoms. The molecule has 19 heteroatoms. The van der Waals surface area contributed by atoms with Gasteiger partial charge in [0, 0.05) is 45.2 Å². The Morgan fingerprint density at radius 1 is 1.05 bits per heavy atom. The quantitative estimate of drug-likeness (QED) is 0.262.